The standard InChI is InChI=1S/C5H11N5S/c1-9(2)3-4-10-5(11)6-7-8-10/h3-4H2,1-2H3,(H,6,8,11)/p+1. The van der Waals surface area contributed by atoms with Crippen LogP contribution in [-0.2, 0) is 6.54 Å². The molecule has 0 unspecified atom stereocenters. The first kappa shape index (κ1) is 8.35. The summed E-state index contributed by atoms with van der Waals surface area (Å²) < 4.78 is 2.42. The monoisotopic (exact) mass is 174 g/mol. The number of aromatic amines is 2. The van der Waals surface area contributed by atoms with E-state index < -0.39 is 0 Å². The van der Waals surface area contributed by atoms with Crippen LogP contribution in [0.4, 0.5) is 0 Å². The highest BCUT2D eigenvalue weighted by Gasteiger charge is 2.01. The minimum atomic E-state index is 0.631. The SMILES string of the molecule is CN(C)CCn1[nH]n[nH+]c1=S. The van der Waals surface area contributed by atoms with Crippen LogP contribution in [-0.4, -0.2) is 40.6 Å². The van der Waals surface area contributed by atoms with E-state index in [2.05, 4.69) is 20.4 Å². The fourth-order valence-corrected chi connectivity index (χ4v) is 0.868. The van der Waals surface area contributed by atoms with Crippen molar-refractivity contribution in [1.82, 2.24) is 20.0 Å². The molecule has 5 nitrogen and oxygen atoms in total. The van der Waals surface area contributed by atoms with E-state index in [1.54, 1.807) is 4.68 Å². The van der Waals surface area contributed by atoms with E-state index in [9.17, 15) is 0 Å². The molecule has 1 heterocycles. The largest absolute Gasteiger partial charge is 0.344 e. The molecule has 0 radical (unpaired) electrons. The second-order valence-electron chi connectivity index (χ2n) is 2.58. The van der Waals surface area contributed by atoms with Crippen molar-refractivity contribution in [2.24, 2.45) is 0 Å². The van der Waals surface area contributed by atoms with Gasteiger partial charge in [-0.1, -0.05) is 5.21 Å². The van der Waals surface area contributed by atoms with Gasteiger partial charge in [0.15, 0.2) is 0 Å². The van der Waals surface area contributed by atoms with Crippen LogP contribution in [0.2, 0.25) is 0 Å². The van der Waals surface area contributed by atoms with Gasteiger partial charge in [-0.3, -0.25) is 0 Å². The Bertz CT molecular complexity index is 262. The van der Waals surface area contributed by atoms with Crippen molar-refractivity contribution in [2.45, 2.75) is 6.54 Å². The van der Waals surface area contributed by atoms with Crippen molar-refractivity contribution in [3.05, 3.63) is 4.77 Å². The molecule has 1 rings (SSSR count). The van der Waals surface area contributed by atoms with Gasteiger partial charge in [-0.25, -0.2) is 0 Å². The maximum atomic E-state index is 4.93. The Balaban J connectivity index is 2.51. The van der Waals surface area contributed by atoms with E-state index in [1.807, 2.05) is 14.1 Å². The summed E-state index contributed by atoms with van der Waals surface area (Å²) in [5.41, 5.74) is 0. The van der Waals surface area contributed by atoms with Gasteiger partial charge in [0, 0.05) is 18.8 Å². The number of nitrogens with one attached hydrogen (secondary N) is 2. The van der Waals surface area contributed by atoms with Crippen LogP contribution in [0.3, 0.4) is 0 Å². The number of aromatic nitrogens is 4. The Morgan fingerprint density at radius 1 is 1.73 bits per heavy atom. The summed E-state index contributed by atoms with van der Waals surface area (Å²) in [7, 11) is 4.04. The predicted octanol–water partition coefficient (Wildman–Crippen LogP) is -0.684. The Morgan fingerprint density at radius 3 is 2.91 bits per heavy atom. The number of hydrogen-bond donors (Lipinski definition) is 1. The van der Waals surface area contributed by atoms with Crippen molar-refractivity contribution in [3.8, 4) is 0 Å². The zero-order chi connectivity index (χ0) is 8.27. The number of likely N-dealkylation sites (N-methyl/N-ethyl adjacent to an activating group) is 1. The quantitative estimate of drug-likeness (QED) is 0.617. The maximum absolute atomic E-state index is 4.93. The fourth-order valence-electron chi connectivity index (χ4n) is 0.690. The van der Waals surface area contributed by atoms with Gasteiger partial charge in [0.1, 0.15) is 6.54 Å². The molecular formula is C5H12N5S+. The number of tetrazole rings is 1. The molecule has 6 heteroatoms. The summed E-state index contributed by atoms with van der Waals surface area (Å²) in [5.74, 6) is 0. The Morgan fingerprint density at radius 2 is 2.45 bits per heavy atom. The highest BCUT2D eigenvalue weighted by Crippen LogP contribution is 1.81. The van der Waals surface area contributed by atoms with Crippen molar-refractivity contribution >= 4 is 12.2 Å². The van der Waals surface area contributed by atoms with Crippen LogP contribution in [0.1, 0.15) is 0 Å². The summed E-state index contributed by atoms with van der Waals surface area (Å²) in [6.45, 7) is 1.78. The zero-order valence-corrected chi connectivity index (χ0v) is 7.48. The molecule has 1 aromatic rings. The van der Waals surface area contributed by atoms with Crippen molar-refractivity contribution in [2.75, 3.05) is 20.6 Å². The normalized spacial score (nSPS) is 10.8. The third-order valence-corrected chi connectivity index (χ3v) is 1.65. The lowest BCUT2D eigenvalue weighted by Gasteiger charge is -2.04. The van der Waals surface area contributed by atoms with Crippen LogP contribution in [0.25, 0.3) is 0 Å². The fraction of sp³-hybridized carbons (Fsp3) is 0.800. The Hall–Kier alpha value is -0.750. The van der Waals surface area contributed by atoms with Crippen molar-refractivity contribution in [3.63, 3.8) is 0 Å². The Kier molecular flexibility index (Phi) is 2.72. The summed E-state index contributed by atoms with van der Waals surface area (Å²) in [5, 5.41) is 9.08. The molecule has 0 aliphatic rings. The van der Waals surface area contributed by atoms with Crippen molar-refractivity contribution < 1.29 is 5.10 Å². The second-order valence-corrected chi connectivity index (χ2v) is 2.97. The van der Waals surface area contributed by atoms with Crippen LogP contribution < -0.4 is 5.10 Å². The van der Waals surface area contributed by atoms with Gasteiger partial charge in [0.05, 0.1) is 5.21 Å². The van der Waals surface area contributed by atoms with Crippen LogP contribution >= 0.6 is 12.2 Å². The van der Waals surface area contributed by atoms with E-state index >= 15 is 0 Å². The minimum absolute atomic E-state index is 0.631. The first-order chi connectivity index (χ1) is 5.20. The predicted molar refractivity (Wildman–Crippen MR) is 42.5 cm³/mol. The summed E-state index contributed by atoms with van der Waals surface area (Å²) in [6, 6.07) is 0. The van der Waals surface area contributed by atoms with Gasteiger partial charge in [-0.15, -0.1) is 9.78 Å². The summed E-state index contributed by atoms with van der Waals surface area (Å²) >= 11 is 4.93. The van der Waals surface area contributed by atoms with Crippen LogP contribution in [0.5, 0.6) is 0 Å². The average molecular weight is 174 g/mol. The van der Waals surface area contributed by atoms with E-state index in [-0.39, 0.29) is 0 Å². The molecule has 11 heavy (non-hydrogen) atoms. The Labute approximate surface area is 70.0 Å². The van der Waals surface area contributed by atoms with E-state index in [0.29, 0.717) is 4.77 Å². The number of nitrogens with zero attached hydrogens (tertiary/aromatic N) is 3. The molecule has 0 saturated carbocycles. The molecule has 0 bridgehead atoms. The molecule has 1 aromatic heterocycles. The van der Waals surface area contributed by atoms with Crippen LogP contribution in [0.15, 0.2) is 0 Å². The topological polar surface area (TPSA) is 51.0 Å². The highest BCUT2D eigenvalue weighted by atomic mass is 32.1. The van der Waals surface area contributed by atoms with Gasteiger partial charge in [-0.2, -0.15) is 0 Å². The number of H-pyrrole nitrogens is 2. The summed E-state index contributed by atoms with van der Waals surface area (Å²) in [6.07, 6.45) is 0. The van der Waals surface area contributed by atoms with Gasteiger partial charge in [0.2, 0.25) is 0 Å². The molecule has 2 N–H and O–H groups in total. The van der Waals surface area contributed by atoms with E-state index in [1.165, 1.54) is 0 Å². The lowest BCUT2D eigenvalue weighted by Crippen LogP contribution is -2.19. The van der Waals surface area contributed by atoms with Crippen LogP contribution in [0, 0.1) is 4.77 Å². The van der Waals surface area contributed by atoms with Gasteiger partial charge in [0.25, 0.3) is 0 Å². The molecule has 62 valence electrons. The lowest BCUT2D eigenvalue weighted by molar-refractivity contribution is -0.464. The first-order valence-electron chi connectivity index (χ1n) is 3.38. The molecule has 0 aromatic carbocycles. The van der Waals surface area contributed by atoms with Crippen molar-refractivity contribution in [1.29, 1.82) is 0 Å². The number of hydrogen-bond acceptors (Lipinski definition) is 3. The molecule has 0 amide bonds. The molecule has 0 atom stereocenters. The molecule has 0 aliphatic heterocycles. The molecule has 0 spiro atoms. The van der Waals surface area contributed by atoms with Gasteiger partial charge in [-0.05, 0) is 14.1 Å². The van der Waals surface area contributed by atoms with E-state index in [0.717, 1.165) is 13.1 Å². The number of rotatable bonds is 3. The molecular weight excluding hydrogens is 162 g/mol. The molecule has 0 fully saturated rings. The average Bonchev–Trinajstić information content (AvgIpc) is 2.31. The zero-order valence-electron chi connectivity index (χ0n) is 6.66. The third-order valence-electron chi connectivity index (χ3n) is 1.34. The van der Waals surface area contributed by atoms with E-state index in [4.69, 9.17) is 12.2 Å². The molecule has 0 aliphatic carbocycles. The molecule has 0 saturated heterocycles. The first-order valence-corrected chi connectivity index (χ1v) is 3.78. The highest BCUT2D eigenvalue weighted by molar-refractivity contribution is 7.71. The lowest BCUT2D eigenvalue weighted by atomic mass is 10.6. The second kappa shape index (κ2) is 3.59. The smallest absolute Gasteiger partial charge is 0.306 e. The maximum Gasteiger partial charge on any atom is 0.344 e. The van der Waals surface area contributed by atoms with Gasteiger partial charge < -0.3 is 4.90 Å². The van der Waals surface area contributed by atoms with Gasteiger partial charge >= 0.3 is 4.77 Å². The minimum Gasteiger partial charge on any atom is -0.306 e. The third kappa shape index (κ3) is 2.39. The summed E-state index contributed by atoms with van der Waals surface area (Å²) in [4.78, 5) is 2.09.